The van der Waals surface area contributed by atoms with E-state index in [1.54, 1.807) is 6.07 Å². The van der Waals surface area contributed by atoms with Gasteiger partial charge in [0.25, 0.3) is 0 Å². The SMILES string of the molecule is COc1ccc(C(=O)O)c(OCC#N)c1. The highest BCUT2D eigenvalue weighted by Gasteiger charge is 2.12. The van der Waals surface area contributed by atoms with E-state index in [9.17, 15) is 4.79 Å². The number of nitriles is 1. The van der Waals surface area contributed by atoms with Crippen molar-refractivity contribution in [1.82, 2.24) is 0 Å². The van der Waals surface area contributed by atoms with Crippen LogP contribution in [-0.4, -0.2) is 24.8 Å². The number of carboxylic acids is 1. The number of carboxylic acid groups (broad SMARTS) is 1. The first-order valence-corrected chi connectivity index (χ1v) is 4.10. The fourth-order valence-electron chi connectivity index (χ4n) is 1.04. The second-order valence-electron chi connectivity index (χ2n) is 2.61. The van der Waals surface area contributed by atoms with Gasteiger partial charge in [0.2, 0.25) is 0 Å². The predicted molar refractivity (Wildman–Crippen MR) is 51.1 cm³/mol. The number of benzene rings is 1. The zero-order valence-electron chi connectivity index (χ0n) is 8.06. The Morgan fingerprint density at radius 3 is 2.87 bits per heavy atom. The average Bonchev–Trinajstić information content (AvgIpc) is 2.25. The minimum atomic E-state index is -1.11. The van der Waals surface area contributed by atoms with Gasteiger partial charge in [-0.25, -0.2) is 4.79 Å². The monoisotopic (exact) mass is 207 g/mol. The highest BCUT2D eigenvalue weighted by atomic mass is 16.5. The molecule has 5 heteroatoms. The van der Waals surface area contributed by atoms with Crippen LogP contribution in [0.15, 0.2) is 18.2 Å². The van der Waals surface area contributed by atoms with Crippen LogP contribution >= 0.6 is 0 Å². The molecule has 1 aromatic carbocycles. The third kappa shape index (κ3) is 2.61. The third-order valence-corrected chi connectivity index (χ3v) is 1.71. The molecule has 15 heavy (non-hydrogen) atoms. The van der Waals surface area contributed by atoms with Gasteiger partial charge < -0.3 is 14.6 Å². The maximum absolute atomic E-state index is 10.8. The minimum absolute atomic E-state index is 0.00560. The second-order valence-corrected chi connectivity index (χ2v) is 2.61. The van der Waals surface area contributed by atoms with Crippen molar-refractivity contribution in [3.63, 3.8) is 0 Å². The summed E-state index contributed by atoms with van der Waals surface area (Å²) in [6, 6.07) is 6.08. The van der Waals surface area contributed by atoms with Crippen LogP contribution in [0.1, 0.15) is 10.4 Å². The number of carbonyl (C=O) groups is 1. The Hall–Kier alpha value is -2.22. The largest absolute Gasteiger partial charge is 0.497 e. The van der Waals surface area contributed by atoms with Crippen molar-refractivity contribution >= 4 is 5.97 Å². The lowest BCUT2D eigenvalue weighted by atomic mass is 10.2. The van der Waals surface area contributed by atoms with Crippen LogP contribution in [0.3, 0.4) is 0 Å². The summed E-state index contributed by atoms with van der Waals surface area (Å²) in [6.45, 7) is -0.201. The number of ether oxygens (including phenoxy) is 2. The molecule has 0 saturated heterocycles. The first-order chi connectivity index (χ1) is 7.19. The van der Waals surface area contributed by atoms with Gasteiger partial charge in [0.1, 0.15) is 23.1 Å². The molecule has 0 fully saturated rings. The first-order valence-electron chi connectivity index (χ1n) is 4.10. The standard InChI is InChI=1S/C10H9NO4/c1-14-7-2-3-8(10(12)13)9(6-7)15-5-4-11/h2-3,6H,5H2,1H3,(H,12,13). The van der Waals surface area contributed by atoms with Crippen molar-refractivity contribution in [3.8, 4) is 17.6 Å². The van der Waals surface area contributed by atoms with Gasteiger partial charge >= 0.3 is 5.97 Å². The molecule has 5 nitrogen and oxygen atoms in total. The van der Waals surface area contributed by atoms with Gasteiger partial charge in [-0.15, -0.1) is 0 Å². The summed E-state index contributed by atoms with van der Waals surface area (Å²) in [5.74, 6) is -0.498. The molecule has 0 radical (unpaired) electrons. The molecule has 0 aromatic heterocycles. The molecule has 1 rings (SSSR count). The number of hydrogen-bond donors (Lipinski definition) is 1. The Morgan fingerprint density at radius 2 is 2.33 bits per heavy atom. The maximum Gasteiger partial charge on any atom is 0.339 e. The fraction of sp³-hybridized carbons (Fsp3) is 0.200. The van der Waals surface area contributed by atoms with Crippen LogP contribution in [-0.2, 0) is 0 Å². The molecule has 0 saturated carbocycles. The summed E-state index contributed by atoms with van der Waals surface area (Å²) in [7, 11) is 1.46. The number of hydrogen-bond acceptors (Lipinski definition) is 4. The summed E-state index contributed by atoms with van der Waals surface area (Å²) in [5, 5.41) is 17.2. The quantitative estimate of drug-likeness (QED) is 0.804. The van der Waals surface area contributed by atoms with E-state index in [4.69, 9.17) is 19.8 Å². The molecule has 1 N–H and O–H groups in total. The Kier molecular flexibility index (Phi) is 3.52. The molecule has 0 atom stereocenters. The van der Waals surface area contributed by atoms with Gasteiger partial charge in [-0.3, -0.25) is 0 Å². The fourth-order valence-corrected chi connectivity index (χ4v) is 1.04. The molecule has 1 aromatic rings. The number of rotatable bonds is 4. The number of aromatic carboxylic acids is 1. The molecule has 0 heterocycles. The van der Waals surface area contributed by atoms with Crippen molar-refractivity contribution in [3.05, 3.63) is 23.8 Å². The lowest BCUT2D eigenvalue weighted by Crippen LogP contribution is -2.03. The molecule has 78 valence electrons. The van der Waals surface area contributed by atoms with Crippen molar-refractivity contribution < 1.29 is 19.4 Å². The molecule has 0 aliphatic rings. The van der Waals surface area contributed by atoms with E-state index in [0.29, 0.717) is 5.75 Å². The summed E-state index contributed by atoms with van der Waals surface area (Å²) in [4.78, 5) is 10.8. The zero-order chi connectivity index (χ0) is 11.3. The maximum atomic E-state index is 10.8. The average molecular weight is 207 g/mol. The normalized spacial score (nSPS) is 9.07. The molecule has 0 bridgehead atoms. The van der Waals surface area contributed by atoms with E-state index in [-0.39, 0.29) is 17.9 Å². The van der Waals surface area contributed by atoms with Crippen molar-refractivity contribution in [2.24, 2.45) is 0 Å². The van der Waals surface area contributed by atoms with E-state index < -0.39 is 5.97 Å². The summed E-state index contributed by atoms with van der Waals surface area (Å²) in [5.41, 5.74) is 0.00560. The smallest absolute Gasteiger partial charge is 0.339 e. The van der Waals surface area contributed by atoms with Gasteiger partial charge in [-0.1, -0.05) is 0 Å². The van der Waals surface area contributed by atoms with E-state index in [1.807, 2.05) is 0 Å². The number of nitrogens with zero attached hydrogens (tertiary/aromatic N) is 1. The van der Waals surface area contributed by atoms with Crippen LogP contribution in [0.25, 0.3) is 0 Å². The Bertz CT molecular complexity index is 408. The molecule has 0 amide bonds. The number of methoxy groups -OCH3 is 1. The lowest BCUT2D eigenvalue weighted by molar-refractivity contribution is 0.0693. The topological polar surface area (TPSA) is 79.6 Å². The highest BCUT2D eigenvalue weighted by Crippen LogP contribution is 2.24. The van der Waals surface area contributed by atoms with Crippen molar-refractivity contribution in [1.29, 1.82) is 5.26 Å². The van der Waals surface area contributed by atoms with Crippen LogP contribution < -0.4 is 9.47 Å². The minimum Gasteiger partial charge on any atom is -0.497 e. The van der Waals surface area contributed by atoms with Crippen LogP contribution in [0.2, 0.25) is 0 Å². The van der Waals surface area contributed by atoms with Gasteiger partial charge in [0.05, 0.1) is 7.11 Å². The Morgan fingerprint density at radius 1 is 1.60 bits per heavy atom. The van der Waals surface area contributed by atoms with Gasteiger partial charge in [0, 0.05) is 6.07 Å². The van der Waals surface area contributed by atoms with Crippen LogP contribution in [0.5, 0.6) is 11.5 Å². The third-order valence-electron chi connectivity index (χ3n) is 1.71. The van der Waals surface area contributed by atoms with E-state index >= 15 is 0 Å². The zero-order valence-corrected chi connectivity index (χ0v) is 8.06. The molecule has 0 aliphatic heterocycles. The summed E-state index contributed by atoms with van der Waals surface area (Å²) < 4.78 is 9.88. The summed E-state index contributed by atoms with van der Waals surface area (Å²) in [6.07, 6.45) is 0. The second kappa shape index (κ2) is 4.86. The Labute approximate surface area is 86.5 Å². The Balaban J connectivity index is 3.06. The van der Waals surface area contributed by atoms with E-state index in [0.717, 1.165) is 0 Å². The molecular formula is C10H9NO4. The highest BCUT2D eigenvalue weighted by molar-refractivity contribution is 5.91. The molecule has 0 unspecified atom stereocenters. The first kappa shape index (κ1) is 10.9. The van der Waals surface area contributed by atoms with Crippen LogP contribution in [0.4, 0.5) is 0 Å². The lowest BCUT2D eigenvalue weighted by Gasteiger charge is -2.07. The van der Waals surface area contributed by atoms with E-state index in [1.165, 1.54) is 25.3 Å². The van der Waals surface area contributed by atoms with Gasteiger partial charge in [0.15, 0.2) is 6.61 Å². The molecule has 0 aliphatic carbocycles. The van der Waals surface area contributed by atoms with Gasteiger partial charge in [-0.05, 0) is 12.1 Å². The van der Waals surface area contributed by atoms with Crippen molar-refractivity contribution in [2.45, 2.75) is 0 Å². The predicted octanol–water partition coefficient (Wildman–Crippen LogP) is 1.30. The van der Waals surface area contributed by atoms with Crippen LogP contribution in [0, 0.1) is 11.3 Å². The van der Waals surface area contributed by atoms with E-state index in [2.05, 4.69) is 0 Å². The summed E-state index contributed by atoms with van der Waals surface area (Å²) >= 11 is 0. The molecular weight excluding hydrogens is 198 g/mol. The van der Waals surface area contributed by atoms with Gasteiger partial charge in [-0.2, -0.15) is 5.26 Å². The molecule has 0 spiro atoms. The van der Waals surface area contributed by atoms with Crippen molar-refractivity contribution in [2.75, 3.05) is 13.7 Å².